The minimum Gasteiger partial charge on any atom is -0.492 e. The van der Waals surface area contributed by atoms with Gasteiger partial charge in [0.15, 0.2) is 0 Å². The molecule has 0 bridgehead atoms. The third-order valence-electron chi connectivity index (χ3n) is 7.06. The van der Waals surface area contributed by atoms with Gasteiger partial charge in [-0.25, -0.2) is 9.97 Å². The molecule has 0 radical (unpaired) electrons. The van der Waals surface area contributed by atoms with Crippen molar-refractivity contribution >= 4 is 28.2 Å². The van der Waals surface area contributed by atoms with Crippen molar-refractivity contribution in [3.05, 3.63) is 72.9 Å². The molecule has 196 valence electrons. The van der Waals surface area contributed by atoms with E-state index in [9.17, 15) is 0 Å². The molecule has 8 heteroatoms. The molecular formula is C30H33N5O3. The van der Waals surface area contributed by atoms with Crippen LogP contribution < -0.4 is 15.0 Å². The molecule has 0 saturated carbocycles. The number of ether oxygens (including phenoxy) is 3. The standard InChI is InChI=1S/C30H33N5O3/c1-2-24-22-31-30(32-25-6-8-26(9-7-25)35-15-19-37-20-16-35)33-29(24)28(3-1)23-4-10-27(11-5-23)38-21-14-34-12-17-36-18-13-34/h1-11,22H,12-21H2,(H,31,32,33). The van der Waals surface area contributed by atoms with E-state index >= 15 is 0 Å². The first-order chi connectivity index (χ1) is 18.8. The quantitative estimate of drug-likeness (QED) is 0.368. The zero-order chi connectivity index (χ0) is 25.6. The number of anilines is 3. The van der Waals surface area contributed by atoms with E-state index in [0.29, 0.717) is 12.6 Å². The van der Waals surface area contributed by atoms with Crippen molar-refractivity contribution < 1.29 is 14.2 Å². The highest BCUT2D eigenvalue weighted by Gasteiger charge is 2.12. The van der Waals surface area contributed by atoms with Crippen LogP contribution in [-0.2, 0) is 9.47 Å². The van der Waals surface area contributed by atoms with Crippen molar-refractivity contribution in [2.75, 3.05) is 76.0 Å². The van der Waals surface area contributed by atoms with Crippen LogP contribution in [0.5, 0.6) is 5.75 Å². The average molecular weight is 512 g/mol. The predicted octanol–water partition coefficient (Wildman–Crippen LogP) is 4.59. The number of rotatable bonds is 8. The fraction of sp³-hybridized carbons (Fsp3) is 0.333. The van der Waals surface area contributed by atoms with Crippen molar-refractivity contribution in [1.82, 2.24) is 14.9 Å². The van der Waals surface area contributed by atoms with Crippen molar-refractivity contribution in [2.24, 2.45) is 0 Å². The molecule has 3 aromatic carbocycles. The Balaban J connectivity index is 1.14. The molecule has 0 aliphatic carbocycles. The highest BCUT2D eigenvalue weighted by Crippen LogP contribution is 2.30. The van der Waals surface area contributed by atoms with Gasteiger partial charge in [-0.1, -0.05) is 30.3 Å². The van der Waals surface area contributed by atoms with Gasteiger partial charge in [0.1, 0.15) is 12.4 Å². The van der Waals surface area contributed by atoms with E-state index in [0.717, 1.165) is 92.6 Å². The van der Waals surface area contributed by atoms with E-state index < -0.39 is 0 Å². The second-order valence-corrected chi connectivity index (χ2v) is 9.54. The smallest absolute Gasteiger partial charge is 0.227 e. The number of nitrogens with one attached hydrogen (secondary N) is 1. The molecule has 0 atom stereocenters. The molecule has 2 aliphatic rings. The van der Waals surface area contributed by atoms with Crippen LogP contribution in [0.3, 0.4) is 0 Å². The molecule has 2 saturated heterocycles. The Kier molecular flexibility index (Phi) is 7.62. The normalized spacial score (nSPS) is 16.5. The summed E-state index contributed by atoms with van der Waals surface area (Å²) >= 11 is 0. The van der Waals surface area contributed by atoms with Crippen molar-refractivity contribution in [3.8, 4) is 16.9 Å². The van der Waals surface area contributed by atoms with Crippen LogP contribution in [0.4, 0.5) is 17.3 Å². The van der Waals surface area contributed by atoms with Crippen LogP contribution in [-0.4, -0.2) is 80.6 Å². The summed E-state index contributed by atoms with van der Waals surface area (Å²) in [4.78, 5) is 14.2. The molecule has 38 heavy (non-hydrogen) atoms. The minimum absolute atomic E-state index is 0.576. The summed E-state index contributed by atoms with van der Waals surface area (Å²) in [6.45, 7) is 8.54. The fourth-order valence-corrected chi connectivity index (χ4v) is 4.90. The van der Waals surface area contributed by atoms with Gasteiger partial charge in [-0.2, -0.15) is 0 Å². The summed E-state index contributed by atoms with van der Waals surface area (Å²) in [5.41, 5.74) is 5.23. The highest BCUT2D eigenvalue weighted by atomic mass is 16.5. The first-order valence-electron chi connectivity index (χ1n) is 13.3. The van der Waals surface area contributed by atoms with E-state index in [2.05, 4.69) is 62.6 Å². The molecule has 1 N–H and O–H groups in total. The first kappa shape index (κ1) is 24.6. The van der Waals surface area contributed by atoms with Gasteiger partial charge in [-0.3, -0.25) is 4.90 Å². The molecule has 0 spiro atoms. The maximum atomic E-state index is 5.99. The van der Waals surface area contributed by atoms with Crippen molar-refractivity contribution in [1.29, 1.82) is 0 Å². The SMILES string of the molecule is c1cc(-c2ccc(OCCN3CCOCC3)cc2)c2nc(Nc3ccc(N4CCOCC4)cc3)ncc2c1. The lowest BCUT2D eigenvalue weighted by Crippen LogP contribution is -2.38. The molecule has 4 aromatic rings. The van der Waals surface area contributed by atoms with Crippen LogP contribution in [0.1, 0.15) is 0 Å². The lowest BCUT2D eigenvalue weighted by Gasteiger charge is -2.28. The van der Waals surface area contributed by atoms with Crippen LogP contribution in [0, 0.1) is 0 Å². The summed E-state index contributed by atoms with van der Waals surface area (Å²) < 4.78 is 16.9. The second-order valence-electron chi connectivity index (χ2n) is 9.54. The molecule has 0 unspecified atom stereocenters. The maximum Gasteiger partial charge on any atom is 0.227 e. The number of morpholine rings is 2. The van der Waals surface area contributed by atoms with E-state index in [-0.39, 0.29) is 0 Å². The Hall–Kier alpha value is -3.72. The third-order valence-corrected chi connectivity index (χ3v) is 7.06. The second kappa shape index (κ2) is 11.8. The van der Waals surface area contributed by atoms with Crippen LogP contribution >= 0.6 is 0 Å². The zero-order valence-corrected chi connectivity index (χ0v) is 21.5. The molecule has 2 fully saturated rings. The van der Waals surface area contributed by atoms with Crippen molar-refractivity contribution in [2.45, 2.75) is 0 Å². The number of hydrogen-bond acceptors (Lipinski definition) is 8. The lowest BCUT2D eigenvalue weighted by atomic mass is 10.0. The molecule has 2 aliphatic heterocycles. The van der Waals surface area contributed by atoms with Crippen LogP contribution in [0.2, 0.25) is 0 Å². The van der Waals surface area contributed by atoms with Gasteiger partial charge < -0.3 is 24.4 Å². The minimum atomic E-state index is 0.576. The Morgan fingerprint density at radius 3 is 2.32 bits per heavy atom. The van der Waals surface area contributed by atoms with Gasteiger partial charge in [-0.05, 0) is 42.0 Å². The van der Waals surface area contributed by atoms with Gasteiger partial charge in [0.25, 0.3) is 0 Å². The first-order valence-corrected chi connectivity index (χ1v) is 13.3. The summed E-state index contributed by atoms with van der Waals surface area (Å²) in [5.74, 6) is 1.45. The summed E-state index contributed by atoms with van der Waals surface area (Å²) in [6, 6.07) is 22.8. The van der Waals surface area contributed by atoms with Crippen LogP contribution in [0.15, 0.2) is 72.9 Å². The van der Waals surface area contributed by atoms with Crippen LogP contribution in [0.25, 0.3) is 22.0 Å². The Morgan fingerprint density at radius 2 is 1.55 bits per heavy atom. The Labute approximate surface area is 223 Å². The monoisotopic (exact) mass is 511 g/mol. The van der Waals surface area contributed by atoms with Gasteiger partial charge in [0, 0.05) is 61.2 Å². The van der Waals surface area contributed by atoms with E-state index in [4.69, 9.17) is 19.2 Å². The molecule has 3 heterocycles. The maximum absolute atomic E-state index is 5.99. The average Bonchev–Trinajstić information content (AvgIpc) is 2.99. The van der Waals surface area contributed by atoms with E-state index in [1.54, 1.807) is 0 Å². The summed E-state index contributed by atoms with van der Waals surface area (Å²) in [5, 5.41) is 4.37. The van der Waals surface area contributed by atoms with E-state index in [1.165, 1.54) is 5.69 Å². The van der Waals surface area contributed by atoms with Gasteiger partial charge in [-0.15, -0.1) is 0 Å². The topological polar surface area (TPSA) is 72.0 Å². The predicted molar refractivity (Wildman–Crippen MR) is 150 cm³/mol. The Morgan fingerprint density at radius 1 is 0.816 bits per heavy atom. The molecule has 8 nitrogen and oxygen atoms in total. The molecular weight excluding hydrogens is 478 g/mol. The van der Waals surface area contributed by atoms with Gasteiger partial charge in [0.2, 0.25) is 5.95 Å². The fourth-order valence-electron chi connectivity index (χ4n) is 4.90. The number of aromatic nitrogens is 2. The number of benzene rings is 3. The number of fused-ring (bicyclic) bond motifs is 1. The van der Waals surface area contributed by atoms with Gasteiger partial charge in [0.05, 0.1) is 31.9 Å². The zero-order valence-electron chi connectivity index (χ0n) is 21.5. The Bertz CT molecular complexity index is 1330. The molecule has 1 aromatic heterocycles. The summed E-state index contributed by atoms with van der Waals surface area (Å²) in [6.07, 6.45) is 1.87. The van der Waals surface area contributed by atoms with Gasteiger partial charge >= 0.3 is 0 Å². The number of hydrogen-bond donors (Lipinski definition) is 1. The van der Waals surface area contributed by atoms with E-state index in [1.807, 2.05) is 30.5 Å². The molecule has 0 amide bonds. The molecule has 6 rings (SSSR count). The number of nitrogens with zero attached hydrogens (tertiary/aromatic N) is 4. The lowest BCUT2D eigenvalue weighted by molar-refractivity contribution is 0.0322. The largest absolute Gasteiger partial charge is 0.492 e. The van der Waals surface area contributed by atoms with Crippen molar-refractivity contribution in [3.63, 3.8) is 0 Å². The third kappa shape index (κ3) is 5.88. The highest BCUT2D eigenvalue weighted by molar-refractivity contribution is 5.94. The number of para-hydroxylation sites is 1. The summed E-state index contributed by atoms with van der Waals surface area (Å²) in [7, 11) is 0.